The summed E-state index contributed by atoms with van der Waals surface area (Å²) < 4.78 is 0. The van der Waals surface area contributed by atoms with E-state index in [0.717, 1.165) is 0 Å². The Kier molecular flexibility index (Phi) is 5.22. The highest BCUT2D eigenvalue weighted by Gasteiger charge is 2.37. The zero-order chi connectivity index (χ0) is 30.1. The van der Waals surface area contributed by atoms with E-state index in [1.165, 1.54) is 87.6 Å². The van der Waals surface area contributed by atoms with Crippen LogP contribution in [0.1, 0.15) is 77.6 Å². The molecule has 1 aliphatic rings. The van der Waals surface area contributed by atoms with Crippen LogP contribution in [0.3, 0.4) is 0 Å². The lowest BCUT2D eigenvalue weighted by Gasteiger charge is -2.26. The van der Waals surface area contributed by atoms with Crippen LogP contribution in [0.25, 0.3) is 65.3 Å². The average Bonchev–Trinajstić information content (AvgIpc) is 3.21. The first-order valence-electron chi connectivity index (χ1n) is 15.8. The van der Waals surface area contributed by atoms with Gasteiger partial charge in [-0.15, -0.1) is 0 Å². The van der Waals surface area contributed by atoms with Crippen LogP contribution < -0.4 is 0 Å². The first-order chi connectivity index (χ1) is 20.4. The molecule has 0 N–H and O–H groups in total. The van der Waals surface area contributed by atoms with Crippen LogP contribution in [0.2, 0.25) is 0 Å². The van der Waals surface area contributed by atoms with E-state index >= 15 is 0 Å². The number of benzene rings is 7. The minimum Gasteiger partial charge on any atom is -0.0619 e. The molecule has 0 radical (unpaired) electrons. The molecule has 7 aromatic rings. The van der Waals surface area contributed by atoms with E-state index in [4.69, 9.17) is 0 Å². The smallest absolute Gasteiger partial charge is 0.0165 e. The van der Waals surface area contributed by atoms with Gasteiger partial charge in [0, 0.05) is 5.41 Å². The fourth-order valence-corrected chi connectivity index (χ4v) is 7.97. The first-order valence-corrected chi connectivity index (χ1v) is 15.8. The van der Waals surface area contributed by atoms with Gasteiger partial charge in [-0.3, -0.25) is 0 Å². The summed E-state index contributed by atoms with van der Waals surface area (Å²) in [6.07, 6.45) is 0. The van der Waals surface area contributed by atoms with Gasteiger partial charge in [-0.05, 0) is 111 Å². The van der Waals surface area contributed by atoms with Gasteiger partial charge in [-0.25, -0.2) is 0 Å². The highest BCUT2D eigenvalue weighted by molar-refractivity contribution is 6.34. The molecule has 0 unspecified atom stereocenters. The molecule has 0 aromatic heterocycles. The van der Waals surface area contributed by atoms with Gasteiger partial charge in [0.15, 0.2) is 0 Å². The van der Waals surface area contributed by atoms with E-state index in [1.807, 2.05) is 0 Å². The molecular weight excluding hydrogens is 516 g/mol. The molecule has 0 bridgehead atoms. The van der Waals surface area contributed by atoms with Crippen molar-refractivity contribution in [2.75, 3.05) is 0 Å². The Morgan fingerprint density at radius 1 is 0.442 bits per heavy atom. The molecule has 8 rings (SSSR count). The Labute approximate surface area is 255 Å². The Balaban J connectivity index is 1.53. The molecule has 0 saturated heterocycles. The van der Waals surface area contributed by atoms with Gasteiger partial charge in [-0.2, -0.15) is 0 Å². The minimum absolute atomic E-state index is 0.0593. The Morgan fingerprint density at radius 2 is 0.977 bits per heavy atom. The molecule has 0 heteroatoms. The van der Waals surface area contributed by atoms with Crippen molar-refractivity contribution in [1.29, 1.82) is 0 Å². The van der Waals surface area contributed by atoms with E-state index in [-0.39, 0.29) is 16.2 Å². The lowest BCUT2D eigenvalue weighted by Crippen LogP contribution is -2.16. The summed E-state index contributed by atoms with van der Waals surface area (Å²) in [7, 11) is 0. The van der Waals surface area contributed by atoms with Crippen molar-refractivity contribution in [2.24, 2.45) is 0 Å². The maximum absolute atomic E-state index is 2.48. The molecular formula is C43H40. The maximum Gasteiger partial charge on any atom is 0.0165 e. The predicted molar refractivity (Wildman–Crippen MR) is 188 cm³/mol. The molecule has 0 nitrogen and oxygen atoms in total. The van der Waals surface area contributed by atoms with Crippen molar-refractivity contribution >= 4 is 43.1 Å². The van der Waals surface area contributed by atoms with Crippen molar-refractivity contribution < 1.29 is 0 Å². The van der Waals surface area contributed by atoms with Gasteiger partial charge in [-0.1, -0.05) is 140 Å². The minimum atomic E-state index is -0.0659. The standard InChI is InChI=1S/C43H40/c1-41(2,3)26-21-25-22-27(42(4,5)6)24-36-32-20-19-28(30-14-11-15-31(39(30)32)35(23-26)38(25)36)33-16-12-17-34-29-13-9-10-18-37(29)43(7,8)40(33)34/h9-24H,1-8H3. The number of hydrogen-bond donors (Lipinski definition) is 0. The molecule has 1 aliphatic carbocycles. The van der Waals surface area contributed by atoms with Gasteiger partial charge >= 0.3 is 0 Å². The Hall–Kier alpha value is -4.16. The summed E-state index contributed by atoms with van der Waals surface area (Å²) in [5.41, 5.74) is 11.1. The fourth-order valence-electron chi connectivity index (χ4n) is 7.97. The molecule has 43 heavy (non-hydrogen) atoms. The van der Waals surface area contributed by atoms with Crippen LogP contribution in [-0.2, 0) is 16.2 Å². The van der Waals surface area contributed by atoms with E-state index < -0.39 is 0 Å². The van der Waals surface area contributed by atoms with Crippen LogP contribution in [0.4, 0.5) is 0 Å². The summed E-state index contributed by atoms with van der Waals surface area (Å²) in [5, 5.41) is 10.9. The molecule has 212 valence electrons. The van der Waals surface area contributed by atoms with Gasteiger partial charge in [0.25, 0.3) is 0 Å². The Bertz CT molecular complexity index is 2190. The largest absolute Gasteiger partial charge is 0.0619 e. The van der Waals surface area contributed by atoms with Crippen molar-refractivity contribution in [3.05, 3.63) is 119 Å². The van der Waals surface area contributed by atoms with Crippen LogP contribution in [0.5, 0.6) is 0 Å². The number of hydrogen-bond acceptors (Lipinski definition) is 0. The van der Waals surface area contributed by atoms with Gasteiger partial charge in [0.1, 0.15) is 0 Å². The summed E-state index contributed by atoms with van der Waals surface area (Å²) in [4.78, 5) is 0. The second-order valence-corrected chi connectivity index (χ2v) is 15.4. The highest BCUT2D eigenvalue weighted by Crippen LogP contribution is 2.53. The predicted octanol–water partition coefficient (Wildman–Crippen LogP) is 12.3. The van der Waals surface area contributed by atoms with E-state index in [1.54, 1.807) is 0 Å². The van der Waals surface area contributed by atoms with E-state index in [9.17, 15) is 0 Å². The lowest BCUT2D eigenvalue weighted by molar-refractivity contribution is 0.590. The topological polar surface area (TPSA) is 0 Å². The summed E-state index contributed by atoms with van der Waals surface area (Å²) in [6, 6.07) is 37.5. The maximum atomic E-state index is 2.48. The molecule has 0 atom stereocenters. The van der Waals surface area contributed by atoms with Crippen molar-refractivity contribution in [2.45, 2.75) is 71.6 Å². The molecule has 7 aromatic carbocycles. The summed E-state index contributed by atoms with van der Waals surface area (Å²) in [6.45, 7) is 18.8. The molecule has 0 spiro atoms. The third-order valence-electron chi connectivity index (χ3n) is 10.3. The van der Waals surface area contributed by atoms with Crippen LogP contribution in [-0.4, -0.2) is 0 Å². The second-order valence-electron chi connectivity index (χ2n) is 15.4. The first kappa shape index (κ1) is 26.5. The van der Waals surface area contributed by atoms with Crippen molar-refractivity contribution in [3.8, 4) is 22.3 Å². The molecule has 0 aliphatic heterocycles. The third-order valence-corrected chi connectivity index (χ3v) is 10.3. The van der Waals surface area contributed by atoms with Crippen LogP contribution >= 0.6 is 0 Å². The van der Waals surface area contributed by atoms with E-state index in [2.05, 4.69) is 152 Å². The normalized spacial score (nSPS) is 14.7. The number of fused-ring (bicyclic) bond motifs is 5. The highest BCUT2D eigenvalue weighted by atomic mass is 14.4. The van der Waals surface area contributed by atoms with Gasteiger partial charge < -0.3 is 0 Å². The van der Waals surface area contributed by atoms with Crippen molar-refractivity contribution in [1.82, 2.24) is 0 Å². The Morgan fingerprint density at radius 3 is 1.63 bits per heavy atom. The molecule has 0 heterocycles. The quantitative estimate of drug-likeness (QED) is 0.139. The van der Waals surface area contributed by atoms with Crippen LogP contribution in [0, 0.1) is 0 Å². The fraction of sp³-hybridized carbons (Fsp3) is 0.256. The third kappa shape index (κ3) is 3.62. The van der Waals surface area contributed by atoms with Gasteiger partial charge in [0.05, 0.1) is 0 Å². The molecule has 0 fully saturated rings. The number of rotatable bonds is 1. The molecule has 0 saturated carbocycles. The lowest BCUT2D eigenvalue weighted by atomic mass is 9.77. The SMILES string of the molecule is CC(C)(C)c1cc2cc(C(C)(C)C)cc3c4ccc(-c5cccc6c5C(C)(C)c5ccccc5-6)c5cccc(c(c1)c23)c54. The van der Waals surface area contributed by atoms with Crippen molar-refractivity contribution in [3.63, 3.8) is 0 Å². The summed E-state index contributed by atoms with van der Waals surface area (Å²) in [5.74, 6) is 0. The average molecular weight is 557 g/mol. The summed E-state index contributed by atoms with van der Waals surface area (Å²) >= 11 is 0. The van der Waals surface area contributed by atoms with E-state index in [0.29, 0.717) is 0 Å². The zero-order valence-corrected chi connectivity index (χ0v) is 26.7. The monoisotopic (exact) mass is 556 g/mol. The van der Waals surface area contributed by atoms with Gasteiger partial charge in [0.2, 0.25) is 0 Å². The zero-order valence-electron chi connectivity index (χ0n) is 26.7. The van der Waals surface area contributed by atoms with Crippen LogP contribution in [0.15, 0.2) is 97.1 Å². The second kappa shape index (κ2) is 8.48. The molecule has 0 amide bonds.